The van der Waals surface area contributed by atoms with Crippen LogP contribution >= 0.6 is 0 Å². The maximum Gasteiger partial charge on any atom is 0.224 e. The number of nitrogens with zero attached hydrogens (tertiary/aromatic N) is 1. The third kappa shape index (κ3) is 5.83. The number of para-hydroxylation sites is 1. The highest BCUT2D eigenvalue weighted by Gasteiger charge is 2.16. The Bertz CT molecular complexity index is 742. The molecule has 144 valence electrons. The molecule has 4 heteroatoms. The molecule has 4 nitrogen and oxygen atoms in total. The van der Waals surface area contributed by atoms with Gasteiger partial charge in [-0.2, -0.15) is 0 Å². The van der Waals surface area contributed by atoms with Gasteiger partial charge in [0.1, 0.15) is 5.75 Å². The molecule has 1 heterocycles. The first kappa shape index (κ1) is 19.4. The molecule has 1 amide bonds. The van der Waals surface area contributed by atoms with Crippen molar-refractivity contribution in [1.82, 2.24) is 10.2 Å². The summed E-state index contributed by atoms with van der Waals surface area (Å²) in [4.78, 5) is 14.8. The van der Waals surface area contributed by atoms with Gasteiger partial charge in [-0.1, -0.05) is 49.4 Å². The van der Waals surface area contributed by atoms with Crippen LogP contribution < -0.4 is 10.1 Å². The predicted octanol–water partition coefficient (Wildman–Crippen LogP) is 3.79. The summed E-state index contributed by atoms with van der Waals surface area (Å²) >= 11 is 0. The van der Waals surface area contributed by atoms with Crippen molar-refractivity contribution < 1.29 is 9.53 Å². The Morgan fingerprint density at radius 3 is 2.63 bits per heavy atom. The molecule has 0 aliphatic carbocycles. The van der Waals surface area contributed by atoms with E-state index in [4.69, 9.17) is 4.74 Å². The molecule has 1 aliphatic heterocycles. The number of piperidine rings is 1. The molecule has 27 heavy (non-hydrogen) atoms. The second kappa shape index (κ2) is 9.56. The van der Waals surface area contributed by atoms with Gasteiger partial charge in [0.05, 0.1) is 13.5 Å². The van der Waals surface area contributed by atoms with E-state index in [1.165, 1.54) is 31.5 Å². The molecule has 2 aromatic carbocycles. The number of nitrogens with one attached hydrogen (secondary N) is 1. The van der Waals surface area contributed by atoms with Gasteiger partial charge in [0.2, 0.25) is 5.91 Å². The van der Waals surface area contributed by atoms with E-state index in [1.807, 2.05) is 24.3 Å². The summed E-state index contributed by atoms with van der Waals surface area (Å²) in [7, 11) is 1.63. The number of ether oxygens (including phenoxy) is 1. The first-order valence-corrected chi connectivity index (χ1v) is 9.83. The molecule has 0 bridgehead atoms. The van der Waals surface area contributed by atoms with Crippen molar-refractivity contribution in [3.05, 3.63) is 65.2 Å². The van der Waals surface area contributed by atoms with Gasteiger partial charge in [-0.15, -0.1) is 0 Å². The maximum absolute atomic E-state index is 12.2. The smallest absolute Gasteiger partial charge is 0.224 e. The van der Waals surface area contributed by atoms with E-state index in [-0.39, 0.29) is 5.91 Å². The summed E-state index contributed by atoms with van der Waals surface area (Å²) in [6.07, 6.45) is 2.98. The zero-order chi connectivity index (χ0) is 19.1. The van der Waals surface area contributed by atoms with Gasteiger partial charge < -0.3 is 10.1 Å². The van der Waals surface area contributed by atoms with Crippen LogP contribution in [0.2, 0.25) is 0 Å². The van der Waals surface area contributed by atoms with Crippen LogP contribution in [0.25, 0.3) is 0 Å². The fourth-order valence-corrected chi connectivity index (χ4v) is 3.74. The topological polar surface area (TPSA) is 41.6 Å². The van der Waals surface area contributed by atoms with Crippen molar-refractivity contribution >= 4 is 5.91 Å². The molecular weight excluding hydrogens is 336 g/mol. The summed E-state index contributed by atoms with van der Waals surface area (Å²) in [6, 6.07) is 16.2. The summed E-state index contributed by atoms with van der Waals surface area (Å²) in [5.74, 6) is 1.56. The van der Waals surface area contributed by atoms with Crippen LogP contribution in [0.15, 0.2) is 48.5 Å². The van der Waals surface area contributed by atoms with E-state index in [9.17, 15) is 4.79 Å². The van der Waals surface area contributed by atoms with Crippen LogP contribution in [0.5, 0.6) is 5.75 Å². The highest BCUT2D eigenvalue weighted by molar-refractivity contribution is 5.79. The molecule has 1 aliphatic rings. The van der Waals surface area contributed by atoms with Gasteiger partial charge in [-0.25, -0.2) is 0 Å². The molecule has 0 radical (unpaired) electrons. The van der Waals surface area contributed by atoms with Crippen LogP contribution in [0.1, 0.15) is 36.5 Å². The summed E-state index contributed by atoms with van der Waals surface area (Å²) in [5.41, 5.74) is 3.37. The number of amides is 1. The lowest BCUT2D eigenvalue weighted by molar-refractivity contribution is -0.120. The highest BCUT2D eigenvalue weighted by Crippen LogP contribution is 2.19. The highest BCUT2D eigenvalue weighted by atomic mass is 16.5. The molecule has 1 atom stereocenters. The molecular formula is C23H30N2O2. The minimum absolute atomic E-state index is 0.00545. The number of hydrogen-bond donors (Lipinski definition) is 1. The fourth-order valence-electron chi connectivity index (χ4n) is 3.74. The Labute approximate surface area is 162 Å². The third-order valence-electron chi connectivity index (χ3n) is 5.20. The molecule has 0 spiro atoms. The zero-order valence-electron chi connectivity index (χ0n) is 16.4. The molecule has 0 unspecified atom stereocenters. The van der Waals surface area contributed by atoms with Crippen molar-refractivity contribution in [2.75, 3.05) is 20.2 Å². The lowest BCUT2D eigenvalue weighted by Gasteiger charge is -2.30. The Hall–Kier alpha value is -2.33. The van der Waals surface area contributed by atoms with Gasteiger partial charge in [0, 0.05) is 25.2 Å². The van der Waals surface area contributed by atoms with E-state index in [1.54, 1.807) is 7.11 Å². The number of methoxy groups -OCH3 is 1. The SMILES string of the molecule is COc1ccccc1CC(=O)NCc1ccc(CN2CCC[C@H](C)C2)cc1. The van der Waals surface area contributed by atoms with Crippen LogP contribution in [-0.4, -0.2) is 31.0 Å². The molecule has 1 fully saturated rings. The number of likely N-dealkylation sites (tertiary alicyclic amines) is 1. The van der Waals surface area contributed by atoms with E-state index in [2.05, 4.69) is 41.4 Å². The van der Waals surface area contributed by atoms with E-state index >= 15 is 0 Å². The second-order valence-corrected chi connectivity index (χ2v) is 7.56. The summed E-state index contributed by atoms with van der Waals surface area (Å²) in [6.45, 7) is 6.30. The third-order valence-corrected chi connectivity index (χ3v) is 5.20. The van der Waals surface area contributed by atoms with Gasteiger partial charge in [-0.05, 0) is 42.5 Å². The number of carbonyl (C=O) groups is 1. The lowest BCUT2D eigenvalue weighted by atomic mass is 9.99. The van der Waals surface area contributed by atoms with Crippen molar-refractivity contribution in [3.63, 3.8) is 0 Å². The predicted molar refractivity (Wildman–Crippen MR) is 109 cm³/mol. The normalized spacial score (nSPS) is 17.5. The lowest BCUT2D eigenvalue weighted by Crippen LogP contribution is -2.33. The molecule has 2 aromatic rings. The molecule has 3 rings (SSSR count). The van der Waals surface area contributed by atoms with Crippen LogP contribution in [0, 0.1) is 5.92 Å². The molecule has 1 saturated heterocycles. The van der Waals surface area contributed by atoms with Crippen molar-refractivity contribution in [3.8, 4) is 5.75 Å². The average Bonchev–Trinajstić information content (AvgIpc) is 2.68. The number of rotatable bonds is 7. The minimum atomic E-state index is 0.00545. The quantitative estimate of drug-likeness (QED) is 0.811. The van der Waals surface area contributed by atoms with E-state index in [0.29, 0.717) is 13.0 Å². The summed E-state index contributed by atoms with van der Waals surface area (Å²) in [5, 5.41) is 3.00. The van der Waals surface area contributed by atoms with E-state index in [0.717, 1.165) is 29.3 Å². The second-order valence-electron chi connectivity index (χ2n) is 7.56. The van der Waals surface area contributed by atoms with Crippen molar-refractivity contribution in [2.45, 2.75) is 39.3 Å². The Morgan fingerprint density at radius 1 is 1.15 bits per heavy atom. The minimum Gasteiger partial charge on any atom is -0.496 e. The van der Waals surface area contributed by atoms with Gasteiger partial charge in [-0.3, -0.25) is 9.69 Å². The number of hydrogen-bond acceptors (Lipinski definition) is 3. The van der Waals surface area contributed by atoms with E-state index < -0.39 is 0 Å². The zero-order valence-corrected chi connectivity index (χ0v) is 16.4. The standard InChI is InChI=1S/C23H30N2O2/c1-18-6-5-13-25(16-18)17-20-11-9-19(10-12-20)15-24-23(26)14-21-7-3-4-8-22(21)27-2/h3-4,7-12,18H,5-6,13-17H2,1-2H3,(H,24,26)/t18-/m0/s1. The Kier molecular flexibility index (Phi) is 6.88. The fraction of sp³-hybridized carbons (Fsp3) is 0.435. The summed E-state index contributed by atoms with van der Waals surface area (Å²) < 4.78 is 5.31. The largest absolute Gasteiger partial charge is 0.496 e. The Morgan fingerprint density at radius 2 is 1.89 bits per heavy atom. The molecule has 0 saturated carbocycles. The number of benzene rings is 2. The average molecular weight is 367 g/mol. The monoisotopic (exact) mass is 366 g/mol. The van der Waals surface area contributed by atoms with Crippen LogP contribution in [0.3, 0.4) is 0 Å². The van der Waals surface area contributed by atoms with Crippen molar-refractivity contribution in [1.29, 1.82) is 0 Å². The molecule has 1 N–H and O–H groups in total. The van der Waals surface area contributed by atoms with Crippen LogP contribution in [0.4, 0.5) is 0 Å². The van der Waals surface area contributed by atoms with Crippen LogP contribution in [-0.2, 0) is 24.3 Å². The van der Waals surface area contributed by atoms with Gasteiger partial charge in [0.15, 0.2) is 0 Å². The first-order chi connectivity index (χ1) is 13.1. The number of carbonyl (C=O) groups excluding carboxylic acids is 1. The first-order valence-electron chi connectivity index (χ1n) is 9.83. The molecule has 0 aromatic heterocycles. The van der Waals surface area contributed by atoms with Crippen molar-refractivity contribution in [2.24, 2.45) is 5.92 Å². The Balaban J connectivity index is 1.47. The maximum atomic E-state index is 12.2. The van der Waals surface area contributed by atoms with Gasteiger partial charge >= 0.3 is 0 Å². The van der Waals surface area contributed by atoms with Gasteiger partial charge in [0.25, 0.3) is 0 Å².